The third-order valence-corrected chi connectivity index (χ3v) is 6.29. The molecule has 0 radical (unpaired) electrons. The summed E-state index contributed by atoms with van der Waals surface area (Å²) in [6, 6.07) is 11.1. The van der Waals surface area contributed by atoms with Gasteiger partial charge in [-0.25, -0.2) is 0 Å². The predicted molar refractivity (Wildman–Crippen MR) is 132 cm³/mol. The zero-order valence-electron chi connectivity index (χ0n) is 18.2. The molecule has 0 spiro atoms. The van der Waals surface area contributed by atoms with Crippen molar-refractivity contribution in [2.75, 3.05) is 52.5 Å². The molecule has 3 aliphatic heterocycles. The summed E-state index contributed by atoms with van der Waals surface area (Å²) in [6.07, 6.45) is 3.99. The average molecular weight is 528 g/mol. The van der Waals surface area contributed by atoms with Crippen molar-refractivity contribution in [3.05, 3.63) is 35.9 Å². The number of morpholine rings is 1. The Morgan fingerprint density at radius 2 is 2.07 bits per heavy atom. The lowest BCUT2D eigenvalue weighted by Crippen LogP contribution is -2.48. The minimum Gasteiger partial charge on any atom is -0.376 e. The molecule has 3 fully saturated rings. The molecule has 7 heteroatoms. The third-order valence-electron chi connectivity index (χ3n) is 6.29. The van der Waals surface area contributed by atoms with E-state index in [1.165, 1.54) is 24.9 Å². The highest BCUT2D eigenvalue weighted by Crippen LogP contribution is 2.23. The summed E-state index contributed by atoms with van der Waals surface area (Å²) in [7, 11) is 0. The van der Waals surface area contributed by atoms with Gasteiger partial charge in [-0.1, -0.05) is 30.3 Å². The summed E-state index contributed by atoms with van der Waals surface area (Å²) in [5.74, 6) is 1.60. The monoisotopic (exact) mass is 528 g/mol. The number of hydrogen-bond acceptors (Lipinski definition) is 4. The van der Waals surface area contributed by atoms with Gasteiger partial charge in [-0.2, -0.15) is 0 Å². The van der Waals surface area contributed by atoms with Gasteiger partial charge in [-0.15, -0.1) is 24.0 Å². The minimum absolute atomic E-state index is 0. The molecule has 6 nitrogen and oxygen atoms in total. The quantitative estimate of drug-likeness (QED) is 0.335. The van der Waals surface area contributed by atoms with Crippen LogP contribution >= 0.6 is 24.0 Å². The fourth-order valence-electron chi connectivity index (χ4n) is 4.69. The van der Waals surface area contributed by atoms with Crippen LogP contribution in [0.1, 0.15) is 31.7 Å². The Balaban J connectivity index is 0.00000256. The van der Waals surface area contributed by atoms with Crippen LogP contribution in [0.15, 0.2) is 35.3 Å². The molecule has 3 saturated heterocycles. The van der Waals surface area contributed by atoms with Crippen LogP contribution in [0.4, 0.5) is 0 Å². The summed E-state index contributed by atoms with van der Waals surface area (Å²) in [6.45, 7) is 10.5. The SMILES string of the molecule is CCNC(=NCC1CN2CCCC2CO1)N1CCC(COCc2ccccc2)C1.I. The molecular formula is C23H37IN4O2. The molecule has 0 aromatic heterocycles. The topological polar surface area (TPSA) is 49.3 Å². The zero-order chi connectivity index (χ0) is 19.9. The average Bonchev–Trinajstić information content (AvgIpc) is 3.41. The Labute approximate surface area is 198 Å². The standard InChI is InChI=1S/C23H36N4O2.HI/c1-2-24-23(25-13-22-15-26-11-6-9-21(26)18-29-22)27-12-10-20(14-27)17-28-16-19-7-4-3-5-8-19;/h3-5,7-8,20-22H,2,6,9-18H2,1H3,(H,24,25);1H. The highest BCUT2D eigenvalue weighted by atomic mass is 127. The highest BCUT2D eigenvalue weighted by Gasteiger charge is 2.32. The summed E-state index contributed by atoms with van der Waals surface area (Å²) in [5, 5.41) is 3.48. The molecule has 168 valence electrons. The van der Waals surface area contributed by atoms with Gasteiger partial charge in [0, 0.05) is 38.1 Å². The van der Waals surface area contributed by atoms with Gasteiger partial charge < -0.3 is 19.7 Å². The minimum atomic E-state index is 0. The Bertz CT molecular complexity index is 660. The number of hydrogen-bond donors (Lipinski definition) is 1. The van der Waals surface area contributed by atoms with Gasteiger partial charge in [0.1, 0.15) is 0 Å². The third kappa shape index (κ3) is 6.55. The molecule has 3 aliphatic rings. The number of ether oxygens (including phenoxy) is 2. The Hall–Kier alpha value is -0.900. The maximum Gasteiger partial charge on any atom is 0.194 e. The molecule has 0 saturated carbocycles. The predicted octanol–water partition coefficient (Wildman–Crippen LogP) is 2.97. The molecule has 3 unspecified atom stereocenters. The molecule has 1 N–H and O–H groups in total. The molecular weight excluding hydrogens is 491 g/mol. The Morgan fingerprint density at radius 1 is 1.20 bits per heavy atom. The number of halogens is 1. The van der Waals surface area contributed by atoms with E-state index in [1.807, 2.05) is 6.07 Å². The van der Waals surface area contributed by atoms with E-state index in [9.17, 15) is 0 Å². The highest BCUT2D eigenvalue weighted by molar-refractivity contribution is 14.0. The van der Waals surface area contributed by atoms with E-state index in [0.29, 0.717) is 18.6 Å². The summed E-state index contributed by atoms with van der Waals surface area (Å²) >= 11 is 0. The van der Waals surface area contributed by atoms with Crippen molar-refractivity contribution < 1.29 is 9.47 Å². The second-order valence-corrected chi connectivity index (χ2v) is 8.54. The zero-order valence-corrected chi connectivity index (χ0v) is 20.5. The first kappa shape index (κ1) is 23.8. The van der Waals surface area contributed by atoms with Crippen LogP contribution in [0.25, 0.3) is 0 Å². The fourth-order valence-corrected chi connectivity index (χ4v) is 4.69. The van der Waals surface area contributed by atoms with E-state index < -0.39 is 0 Å². The number of likely N-dealkylation sites (tertiary alicyclic amines) is 1. The van der Waals surface area contributed by atoms with Crippen LogP contribution in [0.2, 0.25) is 0 Å². The van der Waals surface area contributed by atoms with Crippen LogP contribution in [-0.4, -0.2) is 80.4 Å². The van der Waals surface area contributed by atoms with Gasteiger partial charge in [0.2, 0.25) is 0 Å². The number of fused-ring (bicyclic) bond motifs is 1. The maximum atomic E-state index is 6.08. The van der Waals surface area contributed by atoms with E-state index in [2.05, 4.69) is 46.3 Å². The van der Waals surface area contributed by atoms with Gasteiger partial charge in [0.05, 0.1) is 32.5 Å². The van der Waals surface area contributed by atoms with Gasteiger partial charge in [0.25, 0.3) is 0 Å². The molecule has 1 aromatic carbocycles. The molecule has 0 bridgehead atoms. The second kappa shape index (κ2) is 12.2. The lowest BCUT2D eigenvalue weighted by Gasteiger charge is -2.34. The number of benzene rings is 1. The van der Waals surface area contributed by atoms with Gasteiger partial charge in [-0.05, 0) is 38.3 Å². The Morgan fingerprint density at radius 3 is 2.90 bits per heavy atom. The van der Waals surface area contributed by atoms with Gasteiger partial charge in [-0.3, -0.25) is 9.89 Å². The van der Waals surface area contributed by atoms with Crippen LogP contribution in [0.5, 0.6) is 0 Å². The van der Waals surface area contributed by atoms with Crippen molar-refractivity contribution in [3.8, 4) is 0 Å². The molecule has 0 amide bonds. The number of guanidine groups is 1. The Kier molecular flexibility index (Phi) is 9.67. The van der Waals surface area contributed by atoms with E-state index in [0.717, 1.165) is 58.3 Å². The van der Waals surface area contributed by atoms with Gasteiger partial charge in [0.15, 0.2) is 5.96 Å². The lowest BCUT2D eigenvalue weighted by atomic mass is 10.1. The van der Waals surface area contributed by atoms with Crippen molar-refractivity contribution in [2.24, 2.45) is 10.9 Å². The van der Waals surface area contributed by atoms with Crippen LogP contribution < -0.4 is 5.32 Å². The van der Waals surface area contributed by atoms with Crippen molar-refractivity contribution in [1.29, 1.82) is 0 Å². The van der Waals surface area contributed by atoms with Crippen LogP contribution in [0.3, 0.4) is 0 Å². The first-order chi connectivity index (χ1) is 14.3. The summed E-state index contributed by atoms with van der Waals surface area (Å²) in [5.41, 5.74) is 1.24. The lowest BCUT2D eigenvalue weighted by molar-refractivity contribution is -0.0432. The van der Waals surface area contributed by atoms with E-state index >= 15 is 0 Å². The number of nitrogens with zero attached hydrogens (tertiary/aromatic N) is 3. The largest absolute Gasteiger partial charge is 0.376 e. The summed E-state index contributed by atoms with van der Waals surface area (Å²) in [4.78, 5) is 9.91. The normalized spacial score (nSPS) is 27.0. The van der Waals surface area contributed by atoms with Crippen molar-refractivity contribution in [3.63, 3.8) is 0 Å². The molecule has 4 rings (SSSR count). The van der Waals surface area contributed by atoms with E-state index in [1.54, 1.807) is 0 Å². The van der Waals surface area contributed by atoms with E-state index in [-0.39, 0.29) is 30.1 Å². The van der Waals surface area contributed by atoms with Gasteiger partial charge >= 0.3 is 0 Å². The molecule has 3 atom stereocenters. The maximum absolute atomic E-state index is 6.08. The van der Waals surface area contributed by atoms with Crippen LogP contribution in [-0.2, 0) is 16.1 Å². The first-order valence-corrected chi connectivity index (χ1v) is 11.3. The van der Waals surface area contributed by atoms with Crippen LogP contribution in [0, 0.1) is 5.92 Å². The van der Waals surface area contributed by atoms with Crippen molar-refractivity contribution in [2.45, 2.75) is 44.9 Å². The molecule has 0 aliphatic carbocycles. The number of rotatable bonds is 7. The molecule has 3 heterocycles. The summed E-state index contributed by atoms with van der Waals surface area (Å²) < 4.78 is 12.1. The van der Waals surface area contributed by atoms with Crippen molar-refractivity contribution in [1.82, 2.24) is 15.1 Å². The molecule has 1 aromatic rings. The van der Waals surface area contributed by atoms with E-state index in [4.69, 9.17) is 14.5 Å². The first-order valence-electron chi connectivity index (χ1n) is 11.3. The van der Waals surface area contributed by atoms with Crippen molar-refractivity contribution >= 4 is 29.9 Å². The second-order valence-electron chi connectivity index (χ2n) is 8.54. The fraction of sp³-hybridized carbons (Fsp3) is 0.696. The number of nitrogens with one attached hydrogen (secondary N) is 1. The number of aliphatic imine (C=N–C) groups is 1. The molecule has 30 heavy (non-hydrogen) atoms. The smallest absolute Gasteiger partial charge is 0.194 e.